The van der Waals surface area contributed by atoms with Crippen molar-refractivity contribution in [3.63, 3.8) is 0 Å². The number of carbonyl (C=O) groups excluding carboxylic acids is 1. The molecular formula is C27H26BrCl2N5O. The number of nitrogens with zero attached hydrogens (tertiary/aromatic N) is 5. The van der Waals surface area contributed by atoms with Crippen LogP contribution >= 0.6 is 40.7 Å². The smallest absolute Gasteiger partial charge is 0.254 e. The maximum Gasteiger partial charge on any atom is 0.254 e. The minimum atomic E-state index is 0. The molecule has 1 fully saturated rings. The number of amides is 1. The van der Waals surface area contributed by atoms with Crippen molar-refractivity contribution in [2.75, 3.05) is 26.2 Å². The molecule has 186 valence electrons. The Balaban J connectivity index is 0.00000180. The fraction of sp³-hybridized carbons (Fsp3) is 0.222. The largest absolute Gasteiger partial charge is 0.336 e. The van der Waals surface area contributed by atoms with Crippen molar-refractivity contribution in [1.82, 2.24) is 19.4 Å². The fourth-order valence-electron chi connectivity index (χ4n) is 4.47. The zero-order chi connectivity index (χ0) is 23.5. The predicted molar refractivity (Wildman–Crippen MR) is 150 cm³/mol. The molecule has 1 aliphatic rings. The van der Waals surface area contributed by atoms with Gasteiger partial charge in [0.15, 0.2) is 0 Å². The normalized spacial score (nSPS) is 13.5. The van der Waals surface area contributed by atoms with E-state index >= 15 is 0 Å². The van der Waals surface area contributed by atoms with Crippen molar-refractivity contribution in [2.24, 2.45) is 0 Å². The monoisotopic (exact) mass is 585 g/mol. The van der Waals surface area contributed by atoms with Crippen LogP contribution in [0.1, 0.15) is 27.2 Å². The standard InChI is InChI=1S/C27H24BrN5O.2ClH/c28-26-6-2-3-23-24(26)4-1-5-25(23)27(34)32-13-11-31(12-14-32)18-22-16-30-19-33(22)17-21-9-7-20(15-29)8-10-21;;/h1-10,16,19H,11-14,17-18H2;2*1H. The molecule has 0 atom stereocenters. The van der Waals surface area contributed by atoms with Crippen molar-refractivity contribution in [3.8, 4) is 6.07 Å². The average molecular weight is 587 g/mol. The van der Waals surface area contributed by atoms with Crippen molar-refractivity contribution in [2.45, 2.75) is 13.1 Å². The Morgan fingerprint density at radius 2 is 1.61 bits per heavy atom. The van der Waals surface area contributed by atoms with Gasteiger partial charge in [0.1, 0.15) is 0 Å². The summed E-state index contributed by atoms with van der Waals surface area (Å²) in [6.45, 7) is 4.56. The molecule has 0 radical (unpaired) electrons. The summed E-state index contributed by atoms with van der Waals surface area (Å²) < 4.78 is 3.15. The van der Waals surface area contributed by atoms with Crippen molar-refractivity contribution in [1.29, 1.82) is 5.26 Å². The molecule has 9 heteroatoms. The van der Waals surface area contributed by atoms with Gasteiger partial charge in [0, 0.05) is 55.5 Å². The summed E-state index contributed by atoms with van der Waals surface area (Å²) in [4.78, 5) is 22.0. The number of nitriles is 1. The van der Waals surface area contributed by atoms with E-state index in [9.17, 15) is 4.79 Å². The molecule has 2 heterocycles. The van der Waals surface area contributed by atoms with Gasteiger partial charge in [-0.2, -0.15) is 5.26 Å². The van der Waals surface area contributed by atoms with Gasteiger partial charge in [-0.05, 0) is 40.6 Å². The lowest BCUT2D eigenvalue weighted by molar-refractivity contribution is 0.0627. The lowest BCUT2D eigenvalue weighted by Gasteiger charge is -2.35. The van der Waals surface area contributed by atoms with E-state index in [0.717, 1.165) is 58.2 Å². The van der Waals surface area contributed by atoms with Crippen LogP contribution in [0.3, 0.4) is 0 Å². The molecule has 3 aromatic carbocycles. The second kappa shape index (κ2) is 12.4. The van der Waals surface area contributed by atoms with Gasteiger partial charge in [0.25, 0.3) is 5.91 Å². The van der Waals surface area contributed by atoms with E-state index in [1.807, 2.05) is 78.1 Å². The topological polar surface area (TPSA) is 65.2 Å². The fourth-order valence-corrected chi connectivity index (χ4v) is 4.97. The molecule has 0 N–H and O–H groups in total. The molecular weight excluding hydrogens is 561 g/mol. The number of carbonyl (C=O) groups is 1. The maximum atomic E-state index is 13.3. The molecule has 1 saturated heterocycles. The first-order valence-corrected chi connectivity index (χ1v) is 12.1. The van der Waals surface area contributed by atoms with E-state index < -0.39 is 0 Å². The molecule has 0 bridgehead atoms. The number of hydrogen-bond donors (Lipinski definition) is 0. The van der Waals surface area contributed by atoms with Crippen LogP contribution in [0, 0.1) is 11.3 Å². The van der Waals surface area contributed by atoms with E-state index in [0.29, 0.717) is 18.7 Å². The Morgan fingerprint density at radius 1 is 0.917 bits per heavy atom. The van der Waals surface area contributed by atoms with Crippen LogP contribution in [-0.4, -0.2) is 51.4 Å². The van der Waals surface area contributed by atoms with Crippen LogP contribution in [0.15, 0.2) is 77.7 Å². The maximum absolute atomic E-state index is 13.3. The second-order valence-corrected chi connectivity index (χ2v) is 9.38. The van der Waals surface area contributed by atoms with Crippen LogP contribution in [0.5, 0.6) is 0 Å². The van der Waals surface area contributed by atoms with Gasteiger partial charge in [-0.25, -0.2) is 4.98 Å². The van der Waals surface area contributed by atoms with Gasteiger partial charge in [-0.1, -0.05) is 52.3 Å². The quantitative estimate of drug-likeness (QED) is 0.309. The summed E-state index contributed by atoms with van der Waals surface area (Å²) in [5.41, 5.74) is 3.70. The SMILES string of the molecule is Cl.Cl.N#Cc1ccc(Cn2cncc2CN2CCN(C(=O)c3cccc4c(Br)cccc34)CC2)cc1. The predicted octanol–water partition coefficient (Wildman–Crippen LogP) is 5.52. The average Bonchev–Trinajstić information content (AvgIpc) is 3.31. The second-order valence-electron chi connectivity index (χ2n) is 8.53. The molecule has 0 unspecified atom stereocenters. The Morgan fingerprint density at radius 3 is 2.33 bits per heavy atom. The van der Waals surface area contributed by atoms with E-state index in [-0.39, 0.29) is 30.7 Å². The third kappa shape index (κ3) is 5.91. The van der Waals surface area contributed by atoms with Crippen LogP contribution in [-0.2, 0) is 13.1 Å². The lowest BCUT2D eigenvalue weighted by atomic mass is 10.0. The Labute approximate surface area is 231 Å². The molecule has 4 aromatic rings. The molecule has 0 aliphatic carbocycles. The summed E-state index contributed by atoms with van der Waals surface area (Å²) in [5, 5.41) is 11.0. The number of benzene rings is 3. The van der Waals surface area contributed by atoms with Crippen LogP contribution < -0.4 is 0 Å². The zero-order valence-corrected chi connectivity index (χ0v) is 22.7. The molecule has 6 nitrogen and oxygen atoms in total. The van der Waals surface area contributed by atoms with Crippen LogP contribution in [0.4, 0.5) is 0 Å². The highest BCUT2D eigenvalue weighted by molar-refractivity contribution is 9.10. The Kier molecular flexibility index (Phi) is 9.52. The number of rotatable bonds is 5. The lowest BCUT2D eigenvalue weighted by Crippen LogP contribution is -2.48. The third-order valence-corrected chi connectivity index (χ3v) is 7.07. The minimum absolute atomic E-state index is 0. The van der Waals surface area contributed by atoms with Gasteiger partial charge in [-0.3, -0.25) is 9.69 Å². The molecule has 0 saturated carbocycles. The van der Waals surface area contributed by atoms with Crippen LogP contribution in [0.25, 0.3) is 10.8 Å². The first kappa shape index (κ1) is 27.7. The van der Waals surface area contributed by atoms with E-state index in [2.05, 4.69) is 36.5 Å². The number of imidazole rings is 1. The third-order valence-electron chi connectivity index (χ3n) is 6.38. The molecule has 1 amide bonds. The number of fused-ring (bicyclic) bond motifs is 1. The molecule has 1 aromatic heterocycles. The molecule has 0 spiro atoms. The van der Waals surface area contributed by atoms with Gasteiger partial charge < -0.3 is 9.47 Å². The van der Waals surface area contributed by atoms with Gasteiger partial charge >= 0.3 is 0 Å². The molecule has 5 rings (SSSR count). The highest BCUT2D eigenvalue weighted by Gasteiger charge is 2.24. The van der Waals surface area contributed by atoms with Crippen LogP contribution in [0.2, 0.25) is 0 Å². The Bertz CT molecular complexity index is 1380. The summed E-state index contributed by atoms with van der Waals surface area (Å²) in [6.07, 6.45) is 3.76. The number of hydrogen-bond acceptors (Lipinski definition) is 4. The van der Waals surface area contributed by atoms with Gasteiger partial charge in [0.05, 0.1) is 23.7 Å². The minimum Gasteiger partial charge on any atom is -0.336 e. The van der Waals surface area contributed by atoms with Crippen molar-refractivity contribution in [3.05, 3.63) is 100 Å². The van der Waals surface area contributed by atoms with Crippen molar-refractivity contribution >= 4 is 57.4 Å². The summed E-state index contributed by atoms with van der Waals surface area (Å²) in [7, 11) is 0. The summed E-state index contributed by atoms with van der Waals surface area (Å²) >= 11 is 3.59. The number of aromatic nitrogens is 2. The summed E-state index contributed by atoms with van der Waals surface area (Å²) in [6, 6.07) is 21.7. The molecule has 36 heavy (non-hydrogen) atoms. The summed E-state index contributed by atoms with van der Waals surface area (Å²) in [5.74, 6) is 0.0919. The number of halogens is 3. The highest BCUT2D eigenvalue weighted by Crippen LogP contribution is 2.27. The van der Waals surface area contributed by atoms with Gasteiger partial charge in [-0.15, -0.1) is 24.8 Å². The highest BCUT2D eigenvalue weighted by atomic mass is 79.9. The van der Waals surface area contributed by atoms with E-state index in [1.165, 1.54) is 0 Å². The Hall–Kier alpha value is -2.89. The number of piperazine rings is 1. The first-order chi connectivity index (χ1) is 16.6. The first-order valence-electron chi connectivity index (χ1n) is 11.3. The van der Waals surface area contributed by atoms with E-state index in [1.54, 1.807) is 0 Å². The molecule has 1 aliphatic heterocycles. The van der Waals surface area contributed by atoms with Crippen molar-refractivity contribution < 1.29 is 4.79 Å². The zero-order valence-electron chi connectivity index (χ0n) is 19.5. The van der Waals surface area contributed by atoms with Gasteiger partial charge in [0.2, 0.25) is 0 Å². The van der Waals surface area contributed by atoms with E-state index in [4.69, 9.17) is 5.26 Å².